The lowest BCUT2D eigenvalue weighted by atomic mass is 10.1. The van der Waals surface area contributed by atoms with Crippen molar-refractivity contribution in [2.75, 3.05) is 31.1 Å². The Morgan fingerprint density at radius 3 is 2.44 bits per heavy atom. The van der Waals surface area contributed by atoms with E-state index in [1.54, 1.807) is 17.2 Å². The topological polar surface area (TPSA) is 67.2 Å². The minimum Gasteiger partial charge on any atom is -0.353 e. The molecule has 7 heteroatoms. The van der Waals surface area contributed by atoms with Gasteiger partial charge in [0, 0.05) is 50.2 Å². The van der Waals surface area contributed by atoms with E-state index in [2.05, 4.69) is 26.9 Å². The fraction of sp³-hybridized carbons (Fsp3) is 0.300. The molecule has 1 amide bonds. The summed E-state index contributed by atoms with van der Waals surface area (Å²) in [7, 11) is 0. The van der Waals surface area contributed by atoms with Gasteiger partial charge in [-0.25, -0.2) is 14.6 Å². The molecule has 1 aromatic carbocycles. The molecule has 3 aromatic rings. The molecule has 4 rings (SSSR count). The molecule has 0 aliphatic carbocycles. The third-order valence-electron chi connectivity index (χ3n) is 4.88. The number of rotatable bonds is 4. The van der Waals surface area contributed by atoms with Gasteiger partial charge in [-0.2, -0.15) is 5.10 Å². The second-order valence-corrected chi connectivity index (χ2v) is 6.51. The number of anilines is 1. The van der Waals surface area contributed by atoms with Gasteiger partial charge in [0.25, 0.3) is 5.91 Å². The second kappa shape index (κ2) is 7.57. The molecule has 7 nitrogen and oxygen atoms in total. The van der Waals surface area contributed by atoms with Crippen molar-refractivity contribution in [2.45, 2.75) is 13.3 Å². The van der Waals surface area contributed by atoms with E-state index < -0.39 is 0 Å². The molecule has 0 radical (unpaired) electrons. The number of carbonyl (C=O) groups is 1. The minimum absolute atomic E-state index is 0.0946. The molecule has 0 N–H and O–H groups in total. The Morgan fingerprint density at radius 2 is 1.78 bits per heavy atom. The molecule has 0 unspecified atom stereocenters. The average molecular weight is 362 g/mol. The molecule has 0 saturated carbocycles. The first-order valence-corrected chi connectivity index (χ1v) is 9.20. The average Bonchev–Trinajstić information content (AvgIpc) is 3.29. The molecular formula is C20H22N6O. The standard InChI is InChI=1S/C20H22N6O/c1-2-16-4-6-17(7-5-16)20(27)25-12-10-24(11-13-25)18-14-19(22-15-21-18)26-9-3-8-23-26/h3-9,14-15H,2,10-13H2,1H3. The van der Waals surface area contributed by atoms with Gasteiger partial charge in [0.15, 0.2) is 5.82 Å². The van der Waals surface area contributed by atoms with E-state index in [0.29, 0.717) is 13.1 Å². The monoisotopic (exact) mass is 362 g/mol. The van der Waals surface area contributed by atoms with Crippen molar-refractivity contribution in [3.8, 4) is 5.82 Å². The number of hydrogen-bond donors (Lipinski definition) is 0. The van der Waals surface area contributed by atoms with Crippen LogP contribution in [0.3, 0.4) is 0 Å². The highest BCUT2D eigenvalue weighted by atomic mass is 16.2. The summed E-state index contributed by atoms with van der Waals surface area (Å²) in [6.07, 6.45) is 6.11. The molecule has 1 aliphatic heterocycles. The number of nitrogens with zero attached hydrogens (tertiary/aromatic N) is 6. The Hall–Kier alpha value is -3.22. The second-order valence-electron chi connectivity index (χ2n) is 6.51. The van der Waals surface area contributed by atoms with Crippen LogP contribution >= 0.6 is 0 Å². The molecule has 1 aliphatic rings. The predicted octanol–water partition coefficient (Wildman–Crippen LogP) is 2.19. The van der Waals surface area contributed by atoms with Gasteiger partial charge >= 0.3 is 0 Å². The lowest BCUT2D eigenvalue weighted by Gasteiger charge is -2.35. The van der Waals surface area contributed by atoms with Gasteiger partial charge in [-0.05, 0) is 30.2 Å². The SMILES string of the molecule is CCc1ccc(C(=O)N2CCN(c3cc(-n4cccn4)ncn3)CC2)cc1. The van der Waals surface area contributed by atoms with Crippen molar-refractivity contribution in [1.82, 2.24) is 24.6 Å². The molecular weight excluding hydrogens is 340 g/mol. The van der Waals surface area contributed by atoms with Crippen LogP contribution in [0.4, 0.5) is 5.82 Å². The number of piperazine rings is 1. The van der Waals surface area contributed by atoms with E-state index in [1.807, 2.05) is 47.5 Å². The van der Waals surface area contributed by atoms with E-state index in [1.165, 1.54) is 5.56 Å². The molecule has 0 atom stereocenters. The first-order chi connectivity index (χ1) is 13.2. The van der Waals surface area contributed by atoms with Crippen LogP contribution in [-0.2, 0) is 6.42 Å². The van der Waals surface area contributed by atoms with Crippen LogP contribution in [-0.4, -0.2) is 56.7 Å². The maximum Gasteiger partial charge on any atom is 0.253 e. The van der Waals surface area contributed by atoms with Crippen LogP contribution in [0.5, 0.6) is 0 Å². The van der Waals surface area contributed by atoms with Gasteiger partial charge in [-0.3, -0.25) is 4.79 Å². The van der Waals surface area contributed by atoms with Crippen molar-refractivity contribution in [3.05, 3.63) is 66.2 Å². The highest BCUT2D eigenvalue weighted by molar-refractivity contribution is 5.94. The molecule has 138 valence electrons. The molecule has 0 spiro atoms. The van der Waals surface area contributed by atoms with Crippen molar-refractivity contribution in [1.29, 1.82) is 0 Å². The Morgan fingerprint density at radius 1 is 1.04 bits per heavy atom. The van der Waals surface area contributed by atoms with Gasteiger partial charge < -0.3 is 9.80 Å². The molecule has 0 bridgehead atoms. The summed E-state index contributed by atoms with van der Waals surface area (Å²) in [5.74, 6) is 1.69. The summed E-state index contributed by atoms with van der Waals surface area (Å²) in [4.78, 5) is 25.5. The fourth-order valence-corrected chi connectivity index (χ4v) is 3.24. The maximum atomic E-state index is 12.7. The van der Waals surface area contributed by atoms with E-state index in [0.717, 1.165) is 36.7 Å². The highest BCUT2D eigenvalue weighted by Gasteiger charge is 2.23. The van der Waals surface area contributed by atoms with Crippen LogP contribution in [0.2, 0.25) is 0 Å². The van der Waals surface area contributed by atoms with E-state index >= 15 is 0 Å². The van der Waals surface area contributed by atoms with Gasteiger partial charge in [0.05, 0.1) is 0 Å². The lowest BCUT2D eigenvalue weighted by molar-refractivity contribution is 0.0746. The Bertz CT molecular complexity index is 898. The molecule has 2 aromatic heterocycles. The Labute approximate surface area is 158 Å². The summed E-state index contributed by atoms with van der Waals surface area (Å²) in [6, 6.07) is 11.7. The summed E-state index contributed by atoms with van der Waals surface area (Å²) in [5.41, 5.74) is 2.00. The summed E-state index contributed by atoms with van der Waals surface area (Å²) < 4.78 is 1.71. The number of hydrogen-bond acceptors (Lipinski definition) is 5. The van der Waals surface area contributed by atoms with Crippen LogP contribution in [0.1, 0.15) is 22.8 Å². The number of carbonyl (C=O) groups excluding carboxylic acids is 1. The largest absolute Gasteiger partial charge is 0.353 e. The third kappa shape index (κ3) is 3.67. The van der Waals surface area contributed by atoms with Crippen molar-refractivity contribution >= 4 is 11.7 Å². The van der Waals surface area contributed by atoms with Crippen molar-refractivity contribution in [3.63, 3.8) is 0 Å². The smallest absolute Gasteiger partial charge is 0.253 e. The van der Waals surface area contributed by atoms with E-state index in [9.17, 15) is 4.79 Å². The third-order valence-corrected chi connectivity index (χ3v) is 4.88. The Kier molecular flexibility index (Phi) is 4.82. The first kappa shape index (κ1) is 17.2. The quantitative estimate of drug-likeness (QED) is 0.712. The van der Waals surface area contributed by atoms with Crippen LogP contribution in [0, 0.1) is 0 Å². The number of benzene rings is 1. The first-order valence-electron chi connectivity index (χ1n) is 9.20. The fourth-order valence-electron chi connectivity index (χ4n) is 3.24. The molecule has 1 saturated heterocycles. The summed E-state index contributed by atoms with van der Waals surface area (Å²) in [6.45, 7) is 4.95. The van der Waals surface area contributed by atoms with Gasteiger partial charge in [0.2, 0.25) is 0 Å². The van der Waals surface area contributed by atoms with Crippen LogP contribution < -0.4 is 4.90 Å². The van der Waals surface area contributed by atoms with Gasteiger partial charge in [0.1, 0.15) is 12.1 Å². The maximum absolute atomic E-state index is 12.7. The lowest BCUT2D eigenvalue weighted by Crippen LogP contribution is -2.49. The van der Waals surface area contributed by atoms with Crippen molar-refractivity contribution in [2.24, 2.45) is 0 Å². The van der Waals surface area contributed by atoms with E-state index in [4.69, 9.17) is 0 Å². The summed E-state index contributed by atoms with van der Waals surface area (Å²) in [5, 5.41) is 4.21. The van der Waals surface area contributed by atoms with Crippen molar-refractivity contribution < 1.29 is 4.79 Å². The van der Waals surface area contributed by atoms with Crippen LogP contribution in [0.25, 0.3) is 5.82 Å². The number of amides is 1. The zero-order valence-corrected chi connectivity index (χ0v) is 15.3. The Balaban J connectivity index is 1.41. The van der Waals surface area contributed by atoms with Crippen LogP contribution in [0.15, 0.2) is 55.1 Å². The molecule has 1 fully saturated rings. The number of aromatic nitrogens is 4. The van der Waals surface area contributed by atoms with Gasteiger partial charge in [-0.15, -0.1) is 0 Å². The number of aryl methyl sites for hydroxylation is 1. The highest BCUT2D eigenvalue weighted by Crippen LogP contribution is 2.17. The minimum atomic E-state index is 0.0946. The zero-order valence-electron chi connectivity index (χ0n) is 15.3. The molecule has 27 heavy (non-hydrogen) atoms. The predicted molar refractivity (Wildman–Crippen MR) is 103 cm³/mol. The zero-order chi connectivity index (χ0) is 18.6. The normalized spacial score (nSPS) is 14.4. The van der Waals surface area contributed by atoms with Gasteiger partial charge in [-0.1, -0.05) is 19.1 Å². The summed E-state index contributed by atoms with van der Waals surface area (Å²) >= 11 is 0. The van der Waals surface area contributed by atoms with E-state index in [-0.39, 0.29) is 5.91 Å². The molecule has 3 heterocycles.